The van der Waals surface area contributed by atoms with Gasteiger partial charge in [-0.2, -0.15) is 0 Å². The maximum absolute atomic E-state index is 13.4. The van der Waals surface area contributed by atoms with E-state index in [1.165, 1.54) is 0 Å². The third kappa shape index (κ3) is 9.81. The Bertz CT molecular complexity index is 1290. The number of hydrogen-bond acceptors (Lipinski definition) is 4. The summed E-state index contributed by atoms with van der Waals surface area (Å²) in [6, 6.07) is 23.0. The van der Waals surface area contributed by atoms with E-state index in [4.69, 9.17) is 17.3 Å². The first-order chi connectivity index (χ1) is 19.1. The smallest absolute Gasteiger partial charge is 0.326 e. The van der Waals surface area contributed by atoms with Crippen LogP contribution in [-0.4, -0.2) is 39.2 Å². The summed E-state index contributed by atoms with van der Waals surface area (Å²) in [6.07, 6.45) is 1.09. The van der Waals surface area contributed by atoms with Crippen molar-refractivity contribution in [2.75, 3.05) is 10.6 Å². The van der Waals surface area contributed by atoms with Gasteiger partial charge in [-0.15, -0.1) is 0 Å². The number of carbonyl (C=O) groups excluding carboxylic acids is 1. The van der Waals surface area contributed by atoms with Gasteiger partial charge in [-0.3, -0.25) is 9.59 Å². The zero-order valence-electron chi connectivity index (χ0n) is 22.6. The summed E-state index contributed by atoms with van der Waals surface area (Å²) in [7, 11) is 0. The minimum atomic E-state index is -1.12. The summed E-state index contributed by atoms with van der Waals surface area (Å²) in [5.41, 5.74) is 4.01. The first-order valence-corrected chi connectivity index (χ1v) is 13.6. The summed E-state index contributed by atoms with van der Waals surface area (Å²) >= 11 is 5.39. The van der Waals surface area contributed by atoms with E-state index in [0.717, 1.165) is 28.1 Å². The van der Waals surface area contributed by atoms with Crippen LogP contribution in [0.4, 0.5) is 11.4 Å². The summed E-state index contributed by atoms with van der Waals surface area (Å²) in [5.74, 6) is -2.66. The zero-order valence-corrected chi connectivity index (χ0v) is 23.4. The monoisotopic (exact) mass is 561 g/mol. The lowest BCUT2D eigenvalue weighted by atomic mass is 9.89. The van der Waals surface area contributed by atoms with Crippen LogP contribution in [0.1, 0.15) is 49.3 Å². The second-order valence-electron chi connectivity index (χ2n) is 10.1. The van der Waals surface area contributed by atoms with Gasteiger partial charge >= 0.3 is 11.9 Å². The van der Waals surface area contributed by atoms with Crippen LogP contribution in [-0.2, 0) is 27.2 Å². The third-order valence-corrected chi connectivity index (χ3v) is 6.54. The van der Waals surface area contributed by atoms with Gasteiger partial charge in [0.15, 0.2) is 5.11 Å². The molecule has 5 N–H and O–H groups in total. The van der Waals surface area contributed by atoms with Gasteiger partial charge in [-0.25, -0.2) is 4.79 Å². The van der Waals surface area contributed by atoms with Gasteiger partial charge in [0.25, 0.3) is 0 Å². The molecule has 0 saturated heterocycles. The fourth-order valence-electron chi connectivity index (χ4n) is 4.28. The molecule has 3 aromatic carbocycles. The maximum Gasteiger partial charge on any atom is 0.326 e. The van der Waals surface area contributed by atoms with Crippen LogP contribution in [0.25, 0.3) is 0 Å². The Morgan fingerprint density at radius 1 is 0.800 bits per heavy atom. The van der Waals surface area contributed by atoms with Crippen molar-refractivity contribution < 1.29 is 24.6 Å². The SMILES string of the molecule is CC(C)CC(C(=O)NC(Cc1ccc(CCC(=O)O)cc1)C(=O)O)c1ccc(NC(=S)Nc2ccccc2)cc1. The molecule has 3 aromatic rings. The van der Waals surface area contributed by atoms with Crippen molar-refractivity contribution in [3.05, 3.63) is 95.6 Å². The Labute approximate surface area is 239 Å². The number of aryl methyl sites for hydroxylation is 1. The van der Waals surface area contributed by atoms with Crippen molar-refractivity contribution in [3.63, 3.8) is 0 Å². The minimum absolute atomic E-state index is 0.0265. The lowest BCUT2D eigenvalue weighted by Gasteiger charge is -2.23. The van der Waals surface area contributed by atoms with E-state index >= 15 is 0 Å². The lowest BCUT2D eigenvalue weighted by Crippen LogP contribution is -2.44. The quantitative estimate of drug-likeness (QED) is 0.174. The Morgan fingerprint density at radius 3 is 1.93 bits per heavy atom. The highest BCUT2D eigenvalue weighted by Crippen LogP contribution is 2.26. The van der Waals surface area contributed by atoms with Gasteiger partial charge < -0.3 is 26.2 Å². The molecule has 0 aliphatic rings. The second kappa shape index (κ2) is 14.8. The van der Waals surface area contributed by atoms with Crippen molar-refractivity contribution in [3.8, 4) is 0 Å². The van der Waals surface area contributed by atoms with Crippen LogP contribution in [0.2, 0.25) is 0 Å². The van der Waals surface area contributed by atoms with Crippen molar-refractivity contribution in [1.82, 2.24) is 5.32 Å². The van der Waals surface area contributed by atoms with Crippen molar-refractivity contribution in [2.24, 2.45) is 5.92 Å². The van der Waals surface area contributed by atoms with Crippen molar-refractivity contribution in [2.45, 2.75) is 51.5 Å². The highest BCUT2D eigenvalue weighted by molar-refractivity contribution is 7.80. The Kier molecular flexibility index (Phi) is 11.2. The number of thiocarbonyl (C=S) groups is 1. The van der Waals surface area contributed by atoms with Crippen molar-refractivity contribution >= 4 is 46.6 Å². The first-order valence-electron chi connectivity index (χ1n) is 13.2. The van der Waals surface area contributed by atoms with Crippen LogP contribution in [0.15, 0.2) is 78.9 Å². The molecule has 2 atom stereocenters. The van der Waals surface area contributed by atoms with E-state index in [2.05, 4.69) is 16.0 Å². The largest absolute Gasteiger partial charge is 0.481 e. The predicted octanol–water partition coefficient (Wildman–Crippen LogP) is 5.45. The van der Waals surface area contributed by atoms with E-state index in [-0.39, 0.29) is 24.7 Å². The number of benzene rings is 3. The molecule has 9 heteroatoms. The molecule has 8 nitrogen and oxygen atoms in total. The molecular formula is C31H35N3O5S. The molecular weight excluding hydrogens is 526 g/mol. The van der Waals surface area contributed by atoms with Crippen LogP contribution in [0.5, 0.6) is 0 Å². The standard InChI is InChI=1S/C31H35N3O5S/c1-20(2)18-26(23-13-15-25(16-14-23)33-31(40)32-24-6-4-3-5-7-24)29(37)34-27(30(38)39)19-22-10-8-21(9-11-22)12-17-28(35)36/h3-11,13-16,20,26-27H,12,17-19H2,1-2H3,(H,34,37)(H,35,36)(H,38,39)(H2,32,33,40). The molecule has 0 aliphatic heterocycles. The molecule has 1 amide bonds. The summed E-state index contributed by atoms with van der Waals surface area (Å²) in [5, 5.41) is 28.1. The summed E-state index contributed by atoms with van der Waals surface area (Å²) in [4.78, 5) is 36.2. The fraction of sp³-hybridized carbons (Fsp3) is 0.290. The topological polar surface area (TPSA) is 128 Å². The average molecular weight is 562 g/mol. The van der Waals surface area contributed by atoms with Gasteiger partial charge in [-0.1, -0.05) is 68.4 Å². The summed E-state index contributed by atoms with van der Waals surface area (Å²) < 4.78 is 0. The molecule has 0 spiro atoms. The molecule has 0 radical (unpaired) electrons. The molecule has 0 aliphatic carbocycles. The van der Waals surface area contributed by atoms with Gasteiger partial charge in [0.2, 0.25) is 5.91 Å². The molecule has 3 rings (SSSR count). The molecule has 0 heterocycles. The lowest BCUT2D eigenvalue weighted by molar-refractivity contribution is -0.142. The fourth-order valence-corrected chi connectivity index (χ4v) is 4.52. The van der Waals surface area contributed by atoms with E-state index in [0.29, 0.717) is 18.0 Å². The van der Waals surface area contributed by atoms with Crippen LogP contribution in [0.3, 0.4) is 0 Å². The van der Waals surface area contributed by atoms with Gasteiger partial charge in [-0.05, 0) is 71.9 Å². The molecule has 0 fully saturated rings. The minimum Gasteiger partial charge on any atom is -0.481 e. The van der Waals surface area contributed by atoms with E-state index < -0.39 is 23.9 Å². The van der Waals surface area contributed by atoms with Crippen LogP contribution < -0.4 is 16.0 Å². The number of amides is 1. The summed E-state index contributed by atoms with van der Waals surface area (Å²) in [6.45, 7) is 4.04. The van der Waals surface area contributed by atoms with Gasteiger partial charge in [0, 0.05) is 24.2 Å². The molecule has 210 valence electrons. The van der Waals surface area contributed by atoms with Gasteiger partial charge in [0.1, 0.15) is 6.04 Å². The number of aliphatic carboxylic acids is 2. The van der Waals surface area contributed by atoms with Crippen LogP contribution >= 0.6 is 12.2 Å². The zero-order chi connectivity index (χ0) is 29.1. The second-order valence-corrected chi connectivity index (χ2v) is 10.5. The number of carbonyl (C=O) groups is 3. The number of nitrogens with one attached hydrogen (secondary N) is 3. The molecule has 0 aromatic heterocycles. The van der Waals surface area contributed by atoms with E-state index in [1.807, 2.05) is 68.4 Å². The maximum atomic E-state index is 13.4. The number of anilines is 2. The Balaban J connectivity index is 1.66. The third-order valence-electron chi connectivity index (χ3n) is 6.33. The van der Waals surface area contributed by atoms with E-state index in [9.17, 15) is 19.5 Å². The molecule has 2 unspecified atom stereocenters. The number of carboxylic acid groups (broad SMARTS) is 2. The molecule has 0 saturated carbocycles. The first kappa shape index (κ1) is 30.3. The number of para-hydroxylation sites is 1. The highest BCUT2D eigenvalue weighted by Gasteiger charge is 2.27. The molecule has 0 bridgehead atoms. The van der Waals surface area contributed by atoms with Crippen LogP contribution in [0, 0.1) is 5.92 Å². The normalized spacial score (nSPS) is 12.3. The Morgan fingerprint density at radius 2 is 1.38 bits per heavy atom. The Hall–Kier alpha value is -4.24. The van der Waals surface area contributed by atoms with E-state index in [1.54, 1.807) is 24.3 Å². The van der Waals surface area contributed by atoms with Crippen molar-refractivity contribution in [1.29, 1.82) is 0 Å². The average Bonchev–Trinajstić information content (AvgIpc) is 2.91. The van der Waals surface area contributed by atoms with Gasteiger partial charge in [0.05, 0.1) is 5.92 Å². The number of hydrogen-bond donors (Lipinski definition) is 5. The number of rotatable bonds is 13. The molecule has 40 heavy (non-hydrogen) atoms. The highest BCUT2D eigenvalue weighted by atomic mass is 32.1. The number of carboxylic acids is 2. The predicted molar refractivity (Wildman–Crippen MR) is 161 cm³/mol.